The van der Waals surface area contributed by atoms with Crippen molar-refractivity contribution in [1.82, 2.24) is 10.2 Å². The van der Waals surface area contributed by atoms with Gasteiger partial charge in [0.1, 0.15) is 0 Å². The molecule has 3 aromatic rings. The van der Waals surface area contributed by atoms with E-state index < -0.39 is 0 Å². The molecule has 0 fully saturated rings. The van der Waals surface area contributed by atoms with Crippen LogP contribution < -0.4 is 14.8 Å². The van der Waals surface area contributed by atoms with Crippen LogP contribution in [0.5, 0.6) is 11.5 Å². The van der Waals surface area contributed by atoms with Gasteiger partial charge in [0, 0.05) is 17.3 Å². The molecular weight excluding hydrogens is 354 g/mol. The van der Waals surface area contributed by atoms with E-state index in [1.54, 1.807) is 18.2 Å². The summed E-state index contributed by atoms with van der Waals surface area (Å²) in [5.74, 6) is 1.72. The lowest BCUT2D eigenvalue weighted by atomic mass is 10.1. The highest BCUT2D eigenvalue weighted by atomic mass is 32.2. The maximum atomic E-state index is 12.1. The van der Waals surface area contributed by atoms with Crippen LogP contribution in [-0.4, -0.2) is 28.7 Å². The summed E-state index contributed by atoms with van der Waals surface area (Å²) in [7, 11) is 0. The van der Waals surface area contributed by atoms with Crippen molar-refractivity contribution in [3.63, 3.8) is 0 Å². The molecule has 1 aromatic heterocycles. The number of rotatable bonds is 5. The molecule has 2 heterocycles. The van der Waals surface area contributed by atoms with Gasteiger partial charge in [-0.1, -0.05) is 30.0 Å². The van der Waals surface area contributed by atoms with E-state index in [1.165, 1.54) is 11.8 Å². The maximum absolute atomic E-state index is 12.1. The second kappa shape index (κ2) is 7.09. The number of carbonyl (C=O) groups is 1. The van der Waals surface area contributed by atoms with Crippen LogP contribution in [0.25, 0.3) is 11.5 Å². The molecule has 0 saturated heterocycles. The number of ether oxygens (including phenoxy) is 2. The van der Waals surface area contributed by atoms with Gasteiger partial charge < -0.3 is 19.2 Å². The number of amides is 1. The molecule has 1 aliphatic heterocycles. The molecule has 1 N–H and O–H groups in total. The molecular formula is C18H15N3O4S. The fraction of sp³-hybridized carbons (Fsp3) is 0.167. The summed E-state index contributed by atoms with van der Waals surface area (Å²) in [5, 5.41) is 11.2. The molecule has 26 heavy (non-hydrogen) atoms. The van der Waals surface area contributed by atoms with E-state index in [4.69, 9.17) is 13.9 Å². The summed E-state index contributed by atoms with van der Waals surface area (Å²) in [4.78, 5) is 12.1. The van der Waals surface area contributed by atoms with Crippen molar-refractivity contribution >= 4 is 23.4 Å². The van der Waals surface area contributed by atoms with Gasteiger partial charge in [-0.25, -0.2) is 0 Å². The zero-order valence-corrected chi connectivity index (χ0v) is 14.7. The van der Waals surface area contributed by atoms with Gasteiger partial charge in [-0.3, -0.25) is 4.79 Å². The first-order chi connectivity index (χ1) is 12.7. The number of hydrogen-bond acceptors (Lipinski definition) is 7. The van der Waals surface area contributed by atoms with E-state index in [1.807, 2.05) is 31.2 Å². The van der Waals surface area contributed by atoms with Crippen LogP contribution in [0.3, 0.4) is 0 Å². The first-order valence-electron chi connectivity index (χ1n) is 7.91. The number of thioether (sulfide) groups is 1. The zero-order valence-electron chi connectivity index (χ0n) is 13.9. The van der Waals surface area contributed by atoms with Crippen molar-refractivity contribution < 1.29 is 18.7 Å². The van der Waals surface area contributed by atoms with E-state index in [-0.39, 0.29) is 18.5 Å². The van der Waals surface area contributed by atoms with Crippen LogP contribution in [-0.2, 0) is 4.79 Å². The van der Waals surface area contributed by atoms with Crippen LogP contribution in [0.4, 0.5) is 5.69 Å². The van der Waals surface area contributed by atoms with E-state index in [9.17, 15) is 4.79 Å². The Morgan fingerprint density at radius 2 is 2.00 bits per heavy atom. The second-order valence-electron chi connectivity index (χ2n) is 5.59. The third-order valence-electron chi connectivity index (χ3n) is 3.76. The smallest absolute Gasteiger partial charge is 0.277 e. The quantitative estimate of drug-likeness (QED) is 0.689. The van der Waals surface area contributed by atoms with Crippen molar-refractivity contribution in [3.05, 3.63) is 48.0 Å². The van der Waals surface area contributed by atoms with Gasteiger partial charge in [-0.15, -0.1) is 10.2 Å². The van der Waals surface area contributed by atoms with Crippen molar-refractivity contribution in [2.45, 2.75) is 12.1 Å². The SMILES string of the molecule is Cc1ccccc1-c1nnc(SCC(=O)Nc2ccc3c(c2)OCO3)o1. The molecule has 1 amide bonds. The number of carbonyl (C=O) groups excluding carboxylic acids is 1. The Bertz CT molecular complexity index is 957. The molecule has 0 aliphatic carbocycles. The van der Waals surface area contributed by atoms with E-state index in [0.717, 1.165) is 11.1 Å². The second-order valence-corrected chi connectivity index (χ2v) is 6.52. The summed E-state index contributed by atoms with van der Waals surface area (Å²) < 4.78 is 16.2. The molecule has 8 heteroatoms. The molecule has 0 saturated carbocycles. The lowest BCUT2D eigenvalue weighted by molar-refractivity contribution is -0.113. The normalized spacial score (nSPS) is 12.2. The summed E-state index contributed by atoms with van der Waals surface area (Å²) in [6, 6.07) is 13.0. The largest absolute Gasteiger partial charge is 0.454 e. The summed E-state index contributed by atoms with van der Waals surface area (Å²) in [6.07, 6.45) is 0. The fourth-order valence-corrected chi connectivity index (χ4v) is 3.05. The monoisotopic (exact) mass is 369 g/mol. The molecule has 0 unspecified atom stereocenters. The van der Waals surface area contributed by atoms with Gasteiger partial charge in [-0.05, 0) is 30.7 Å². The summed E-state index contributed by atoms with van der Waals surface area (Å²) >= 11 is 1.19. The topological polar surface area (TPSA) is 86.5 Å². The molecule has 132 valence electrons. The number of fused-ring (bicyclic) bond motifs is 1. The third-order valence-corrected chi connectivity index (χ3v) is 4.58. The van der Waals surface area contributed by atoms with Gasteiger partial charge in [0.25, 0.3) is 5.22 Å². The third kappa shape index (κ3) is 3.50. The van der Waals surface area contributed by atoms with Gasteiger partial charge in [0.05, 0.1) is 5.75 Å². The van der Waals surface area contributed by atoms with Crippen LogP contribution in [0.2, 0.25) is 0 Å². The average Bonchev–Trinajstić information content (AvgIpc) is 3.29. The molecule has 2 aromatic carbocycles. The number of aromatic nitrogens is 2. The Morgan fingerprint density at radius 1 is 1.15 bits per heavy atom. The predicted octanol–water partition coefficient (Wildman–Crippen LogP) is 3.50. The molecule has 7 nitrogen and oxygen atoms in total. The Kier molecular flexibility index (Phi) is 4.49. The van der Waals surface area contributed by atoms with Crippen LogP contribution >= 0.6 is 11.8 Å². The Labute approximate surface area is 153 Å². The minimum atomic E-state index is -0.176. The number of nitrogens with one attached hydrogen (secondary N) is 1. The molecule has 1 aliphatic rings. The van der Waals surface area contributed by atoms with Crippen molar-refractivity contribution in [2.24, 2.45) is 0 Å². The molecule has 0 spiro atoms. The predicted molar refractivity (Wildman–Crippen MR) is 96.4 cm³/mol. The molecule has 0 radical (unpaired) electrons. The van der Waals surface area contributed by atoms with Crippen molar-refractivity contribution in [2.75, 3.05) is 17.9 Å². The average molecular weight is 369 g/mol. The maximum Gasteiger partial charge on any atom is 0.277 e. The highest BCUT2D eigenvalue weighted by Crippen LogP contribution is 2.34. The minimum Gasteiger partial charge on any atom is -0.454 e. The van der Waals surface area contributed by atoms with Crippen molar-refractivity contribution in [1.29, 1.82) is 0 Å². The fourth-order valence-electron chi connectivity index (χ4n) is 2.49. The number of benzene rings is 2. The Hall–Kier alpha value is -3.00. The zero-order chi connectivity index (χ0) is 17.9. The van der Waals surface area contributed by atoms with E-state index >= 15 is 0 Å². The van der Waals surface area contributed by atoms with Gasteiger partial charge >= 0.3 is 0 Å². The van der Waals surface area contributed by atoms with Gasteiger partial charge in [-0.2, -0.15) is 0 Å². The van der Waals surface area contributed by atoms with E-state index in [2.05, 4.69) is 15.5 Å². The van der Waals surface area contributed by atoms with Gasteiger partial charge in [0.2, 0.25) is 18.6 Å². The van der Waals surface area contributed by atoms with E-state index in [0.29, 0.717) is 28.3 Å². The Balaban J connectivity index is 1.36. The van der Waals surface area contributed by atoms with Crippen LogP contribution in [0, 0.1) is 6.92 Å². The van der Waals surface area contributed by atoms with Crippen molar-refractivity contribution in [3.8, 4) is 23.0 Å². The lowest BCUT2D eigenvalue weighted by Gasteiger charge is -2.05. The highest BCUT2D eigenvalue weighted by Gasteiger charge is 2.15. The van der Waals surface area contributed by atoms with Gasteiger partial charge in [0.15, 0.2) is 11.5 Å². The molecule has 4 rings (SSSR count). The summed E-state index contributed by atoms with van der Waals surface area (Å²) in [5.41, 5.74) is 2.58. The number of hydrogen-bond donors (Lipinski definition) is 1. The minimum absolute atomic E-state index is 0.157. The molecule has 0 bridgehead atoms. The number of nitrogens with zero attached hydrogens (tertiary/aromatic N) is 2. The number of anilines is 1. The lowest BCUT2D eigenvalue weighted by Crippen LogP contribution is -2.13. The first-order valence-corrected chi connectivity index (χ1v) is 8.89. The highest BCUT2D eigenvalue weighted by molar-refractivity contribution is 7.99. The Morgan fingerprint density at radius 3 is 2.88 bits per heavy atom. The molecule has 0 atom stereocenters. The summed E-state index contributed by atoms with van der Waals surface area (Å²) in [6.45, 7) is 2.17. The van der Waals surface area contributed by atoms with Crippen LogP contribution in [0.1, 0.15) is 5.56 Å². The standard InChI is InChI=1S/C18H15N3O4S/c1-11-4-2-3-5-13(11)17-20-21-18(25-17)26-9-16(22)19-12-6-7-14-15(8-12)24-10-23-14/h2-8H,9-10H2,1H3,(H,19,22). The van der Waals surface area contributed by atoms with Crippen LogP contribution in [0.15, 0.2) is 52.1 Å². The number of aryl methyl sites for hydroxylation is 1. The first kappa shape index (κ1) is 16.5.